The maximum atomic E-state index is 9.00. The average Bonchev–Trinajstić information content (AvgIpc) is 2.65. The molecule has 2 heterocycles. The van der Waals surface area contributed by atoms with Crippen LogP contribution in [0.15, 0.2) is 47.2 Å². The van der Waals surface area contributed by atoms with Crippen molar-refractivity contribution in [3.63, 3.8) is 0 Å². The van der Waals surface area contributed by atoms with Crippen molar-refractivity contribution in [1.29, 1.82) is 0 Å². The van der Waals surface area contributed by atoms with Gasteiger partial charge in [-0.2, -0.15) is 4.98 Å². The minimum atomic E-state index is 0.123. The predicted octanol–water partition coefficient (Wildman–Crippen LogP) is 4.46. The van der Waals surface area contributed by atoms with Gasteiger partial charge in [0.2, 0.25) is 5.95 Å². The van der Waals surface area contributed by atoms with Crippen molar-refractivity contribution < 1.29 is 5.11 Å². The van der Waals surface area contributed by atoms with E-state index < -0.39 is 0 Å². The Bertz CT molecular complexity index is 894. The lowest BCUT2D eigenvalue weighted by molar-refractivity contribution is 0.292. The van der Waals surface area contributed by atoms with Gasteiger partial charge in [-0.25, -0.2) is 4.98 Å². The molecule has 27 heavy (non-hydrogen) atoms. The molecule has 3 aromatic rings. The molecule has 0 atom stereocenters. The van der Waals surface area contributed by atoms with Crippen LogP contribution in [0.3, 0.4) is 0 Å². The van der Waals surface area contributed by atoms with Gasteiger partial charge in [-0.05, 0) is 55.7 Å². The summed E-state index contributed by atoms with van der Waals surface area (Å²) in [7, 11) is 0. The number of halogens is 1. The molecule has 0 aliphatic heterocycles. The number of aliphatic hydroxyl groups excluding tert-OH is 1. The summed E-state index contributed by atoms with van der Waals surface area (Å²) in [6, 6.07) is 9.90. The van der Waals surface area contributed by atoms with Crippen LogP contribution in [0.25, 0.3) is 11.3 Å². The zero-order chi connectivity index (χ0) is 19.2. The number of rotatable bonds is 7. The highest BCUT2D eigenvalue weighted by molar-refractivity contribution is 9.10. The van der Waals surface area contributed by atoms with Gasteiger partial charge in [0, 0.05) is 47.3 Å². The summed E-state index contributed by atoms with van der Waals surface area (Å²) in [6.45, 7) is 4.84. The number of benzene rings is 1. The monoisotopic (exact) mass is 427 g/mol. The first-order valence-electron chi connectivity index (χ1n) is 8.75. The van der Waals surface area contributed by atoms with Crippen molar-refractivity contribution in [3.8, 4) is 11.3 Å². The topological polar surface area (TPSA) is 83.0 Å². The molecule has 0 amide bonds. The molecule has 140 valence electrons. The summed E-state index contributed by atoms with van der Waals surface area (Å²) in [5, 5.41) is 15.6. The molecule has 3 N–H and O–H groups in total. The van der Waals surface area contributed by atoms with Crippen LogP contribution in [0.5, 0.6) is 0 Å². The fraction of sp³-hybridized carbons (Fsp3) is 0.250. The maximum absolute atomic E-state index is 9.00. The number of nitrogens with one attached hydrogen (secondary N) is 2. The van der Waals surface area contributed by atoms with Gasteiger partial charge in [0.1, 0.15) is 5.82 Å². The molecule has 6 nitrogen and oxygen atoms in total. The Morgan fingerprint density at radius 3 is 2.56 bits per heavy atom. The van der Waals surface area contributed by atoms with Crippen LogP contribution in [0.1, 0.15) is 17.5 Å². The number of pyridine rings is 1. The minimum Gasteiger partial charge on any atom is -0.396 e. The number of nitrogens with zero attached hydrogens (tertiary/aromatic N) is 3. The van der Waals surface area contributed by atoms with Crippen molar-refractivity contribution in [2.45, 2.75) is 20.3 Å². The highest BCUT2D eigenvalue weighted by atomic mass is 79.9. The van der Waals surface area contributed by atoms with E-state index in [0.717, 1.165) is 32.5 Å². The van der Waals surface area contributed by atoms with Crippen molar-refractivity contribution in [1.82, 2.24) is 15.0 Å². The first-order chi connectivity index (χ1) is 13.1. The van der Waals surface area contributed by atoms with E-state index in [1.165, 1.54) is 0 Å². The molecule has 2 aromatic heterocycles. The number of hydrogen-bond donors (Lipinski definition) is 3. The lowest BCUT2D eigenvalue weighted by atomic mass is 10.1. The van der Waals surface area contributed by atoms with E-state index in [9.17, 15) is 0 Å². The van der Waals surface area contributed by atoms with E-state index >= 15 is 0 Å². The van der Waals surface area contributed by atoms with E-state index in [1.54, 1.807) is 12.4 Å². The normalized spacial score (nSPS) is 10.7. The van der Waals surface area contributed by atoms with Crippen LogP contribution in [0, 0.1) is 13.8 Å². The molecule has 3 rings (SSSR count). The largest absolute Gasteiger partial charge is 0.396 e. The van der Waals surface area contributed by atoms with Crippen molar-refractivity contribution in [2.75, 3.05) is 23.8 Å². The van der Waals surface area contributed by atoms with Crippen LogP contribution in [0.2, 0.25) is 0 Å². The molecule has 7 heteroatoms. The zero-order valence-electron chi connectivity index (χ0n) is 15.3. The third kappa shape index (κ3) is 5.02. The average molecular weight is 428 g/mol. The molecule has 0 bridgehead atoms. The molecular weight excluding hydrogens is 406 g/mol. The number of anilines is 3. The number of aromatic nitrogens is 3. The molecule has 0 radical (unpaired) electrons. The predicted molar refractivity (Wildman–Crippen MR) is 112 cm³/mol. The SMILES string of the molecule is Cc1cc(Br)cc(C)c1Nc1cc(-c2cccnc2)nc(NCCCO)n1. The van der Waals surface area contributed by atoms with E-state index in [0.29, 0.717) is 24.7 Å². The van der Waals surface area contributed by atoms with Gasteiger partial charge in [0.25, 0.3) is 0 Å². The standard InChI is InChI=1S/C20H22BrN5O/c1-13-9-16(21)10-14(2)19(13)25-18-11-17(15-5-3-6-22-12-15)24-20(26-18)23-7-4-8-27/h3,5-6,9-12,27H,4,7-8H2,1-2H3,(H2,23,24,25,26). The Balaban J connectivity index is 1.97. The van der Waals surface area contributed by atoms with Crippen molar-refractivity contribution >= 4 is 33.4 Å². The van der Waals surface area contributed by atoms with Gasteiger partial charge in [-0.3, -0.25) is 4.98 Å². The number of hydrogen-bond acceptors (Lipinski definition) is 6. The van der Waals surface area contributed by atoms with Crippen LogP contribution in [-0.4, -0.2) is 33.2 Å². The third-order valence-corrected chi connectivity index (χ3v) is 4.51. The highest BCUT2D eigenvalue weighted by Gasteiger charge is 2.10. The first-order valence-corrected chi connectivity index (χ1v) is 9.54. The summed E-state index contributed by atoms with van der Waals surface area (Å²) in [4.78, 5) is 13.3. The fourth-order valence-corrected chi connectivity index (χ4v) is 3.45. The Hall–Kier alpha value is -2.51. The van der Waals surface area contributed by atoms with Crippen molar-refractivity contribution in [2.24, 2.45) is 0 Å². The van der Waals surface area contributed by atoms with Gasteiger partial charge in [-0.15, -0.1) is 0 Å². The maximum Gasteiger partial charge on any atom is 0.225 e. The Morgan fingerprint density at radius 1 is 1.11 bits per heavy atom. The van der Waals surface area contributed by atoms with Crippen LogP contribution in [-0.2, 0) is 0 Å². The van der Waals surface area contributed by atoms with Gasteiger partial charge in [0.15, 0.2) is 0 Å². The number of aliphatic hydroxyl groups is 1. The Kier molecular flexibility index (Phi) is 6.36. The minimum absolute atomic E-state index is 0.123. The molecule has 0 spiro atoms. The van der Waals surface area contributed by atoms with E-state index in [1.807, 2.05) is 18.2 Å². The molecular formula is C20H22BrN5O. The second kappa shape index (κ2) is 8.92. The summed E-state index contributed by atoms with van der Waals surface area (Å²) in [6.07, 6.45) is 4.15. The molecule has 0 fully saturated rings. The van der Waals surface area contributed by atoms with Crippen LogP contribution < -0.4 is 10.6 Å². The van der Waals surface area contributed by atoms with Gasteiger partial charge in [0.05, 0.1) is 5.69 Å². The third-order valence-electron chi connectivity index (χ3n) is 4.05. The van der Waals surface area contributed by atoms with Crippen molar-refractivity contribution in [3.05, 3.63) is 58.3 Å². The zero-order valence-corrected chi connectivity index (χ0v) is 16.9. The number of aryl methyl sites for hydroxylation is 2. The summed E-state index contributed by atoms with van der Waals surface area (Å²) in [5.41, 5.74) is 4.96. The van der Waals surface area contributed by atoms with Gasteiger partial charge in [-0.1, -0.05) is 15.9 Å². The fourth-order valence-electron chi connectivity index (χ4n) is 2.77. The highest BCUT2D eigenvalue weighted by Crippen LogP contribution is 2.29. The first kappa shape index (κ1) is 19.3. The summed E-state index contributed by atoms with van der Waals surface area (Å²) in [5.74, 6) is 1.21. The lowest BCUT2D eigenvalue weighted by Gasteiger charge is -2.15. The molecule has 0 saturated carbocycles. The van der Waals surface area contributed by atoms with E-state index in [4.69, 9.17) is 5.11 Å². The smallest absolute Gasteiger partial charge is 0.225 e. The second-order valence-corrected chi connectivity index (χ2v) is 7.16. The Morgan fingerprint density at radius 2 is 1.89 bits per heavy atom. The van der Waals surface area contributed by atoms with Gasteiger partial charge < -0.3 is 15.7 Å². The van der Waals surface area contributed by atoms with Gasteiger partial charge >= 0.3 is 0 Å². The molecule has 0 aliphatic carbocycles. The molecule has 0 aliphatic rings. The summed E-state index contributed by atoms with van der Waals surface area (Å²) < 4.78 is 1.05. The van der Waals surface area contributed by atoms with E-state index in [-0.39, 0.29) is 6.61 Å². The van der Waals surface area contributed by atoms with Crippen LogP contribution >= 0.6 is 15.9 Å². The van der Waals surface area contributed by atoms with Crippen LogP contribution in [0.4, 0.5) is 17.5 Å². The Labute approximate surface area is 167 Å². The quantitative estimate of drug-likeness (QED) is 0.482. The molecule has 1 aromatic carbocycles. The molecule has 0 unspecified atom stereocenters. The van der Waals surface area contributed by atoms with E-state index in [2.05, 4.69) is 67.5 Å². The second-order valence-electron chi connectivity index (χ2n) is 6.25. The lowest BCUT2D eigenvalue weighted by Crippen LogP contribution is -2.09. The molecule has 0 saturated heterocycles. The summed E-state index contributed by atoms with van der Waals surface area (Å²) >= 11 is 3.53.